The van der Waals surface area contributed by atoms with Gasteiger partial charge in [-0.25, -0.2) is 0 Å². The molecule has 0 aliphatic carbocycles. The van der Waals surface area contributed by atoms with Crippen LogP contribution in [0, 0.1) is 13.8 Å². The van der Waals surface area contributed by atoms with E-state index >= 15 is 0 Å². The molecule has 0 amide bonds. The number of nitrogen functional groups attached to an aromatic ring is 1. The average molecular weight is 240 g/mol. The van der Waals surface area contributed by atoms with Gasteiger partial charge in [-0.3, -0.25) is 4.68 Å². The van der Waals surface area contributed by atoms with Crippen LogP contribution in [-0.2, 0) is 7.05 Å². The van der Waals surface area contributed by atoms with Crippen LogP contribution < -0.4 is 5.73 Å². The number of rotatable bonds is 1. The van der Waals surface area contributed by atoms with Crippen molar-refractivity contribution in [3.63, 3.8) is 0 Å². The van der Waals surface area contributed by atoms with Gasteiger partial charge in [0, 0.05) is 35.3 Å². The molecular formula is C14H16N4. The number of aromatic amines is 1. The van der Waals surface area contributed by atoms with E-state index in [1.807, 2.05) is 13.1 Å². The number of anilines is 1. The fraction of sp³-hybridized carbons (Fsp3) is 0.214. The summed E-state index contributed by atoms with van der Waals surface area (Å²) in [5, 5.41) is 5.66. The number of aryl methyl sites for hydroxylation is 3. The number of nitrogens with zero attached hydrogens (tertiary/aromatic N) is 2. The Balaban J connectivity index is 2.33. The van der Waals surface area contributed by atoms with E-state index in [0.29, 0.717) is 5.82 Å². The topological polar surface area (TPSA) is 59.6 Å². The SMILES string of the molecule is Cc1ccc2[nH]c(C)c(-c3cc(N)n(C)n3)c2c1. The van der Waals surface area contributed by atoms with Crippen LogP contribution in [0.15, 0.2) is 24.3 Å². The van der Waals surface area contributed by atoms with Crippen molar-refractivity contribution in [1.29, 1.82) is 0 Å². The second-order valence-electron chi connectivity index (χ2n) is 4.75. The molecule has 2 heterocycles. The summed E-state index contributed by atoms with van der Waals surface area (Å²) in [5.41, 5.74) is 11.4. The molecule has 4 heteroatoms. The van der Waals surface area contributed by atoms with Crippen LogP contribution >= 0.6 is 0 Å². The summed E-state index contributed by atoms with van der Waals surface area (Å²) >= 11 is 0. The molecule has 92 valence electrons. The van der Waals surface area contributed by atoms with Gasteiger partial charge in [-0.2, -0.15) is 5.10 Å². The van der Waals surface area contributed by atoms with Crippen molar-refractivity contribution in [3.05, 3.63) is 35.5 Å². The van der Waals surface area contributed by atoms with Crippen molar-refractivity contribution in [2.75, 3.05) is 5.73 Å². The fourth-order valence-electron chi connectivity index (χ4n) is 2.37. The van der Waals surface area contributed by atoms with Gasteiger partial charge in [0.15, 0.2) is 0 Å². The lowest BCUT2D eigenvalue weighted by Gasteiger charge is -1.97. The molecule has 0 radical (unpaired) electrons. The summed E-state index contributed by atoms with van der Waals surface area (Å²) < 4.78 is 1.70. The Morgan fingerprint density at radius 3 is 2.67 bits per heavy atom. The first-order valence-electron chi connectivity index (χ1n) is 5.95. The first-order valence-corrected chi connectivity index (χ1v) is 5.95. The van der Waals surface area contributed by atoms with Crippen molar-refractivity contribution in [2.45, 2.75) is 13.8 Å². The molecule has 1 aromatic carbocycles. The van der Waals surface area contributed by atoms with E-state index in [0.717, 1.165) is 22.5 Å². The Morgan fingerprint density at radius 1 is 1.22 bits per heavy atom. The van der Waals surface area contributed by atoms with Crippen LogP contribution in [0.2, 0.25) is 0 Å². The van der Waals surface area contributed by atoms with Gasteiger partial charge in [0.25, 0.3) is 0 Å². The maximum atomic E-state index is 5.86. The lowest BCUT2D eigenvalue weighted by molar-refractivity contribution is 0.782. The van der Waals surface area contributed by atoms with E-state index in [-0.39, 0.29) is 0 Å². The monoisotopic (exact) mass is 240 g/mol. The molecule has 3 aromatic rings. The highest BCUT2D eigenvalue weighted by atomic mass is 15.3. The highest BCUT2D eigenvalue weighted by Gasteiger charge is 2.14. The summed E-state index contributed by atoms with van der Waals surface area (Å²) in [5.74, 6) is 0.673. The zero-order valence-corrected chi connectivity index (χ0v) is 10.8. The largest absolute Gasteiger partial charge is 0.384 e. The summed E-state index contributed by atoms with van der Waals surface area (Å²) in [6.45, 7) is 4.16. The van der Waals surface area contributed by atoms with Crippen LogP contribution in [0.25, 0.3) is 22.2 Å². The third-order valence-corrected chi connectivity index (χ3v) is 3.31. The van der Waals surface area contributed by atoms with Gasteiger partial charge in [0.1, 0.15) is 5.82 Å². The van der Waals surface area contributed by atoms with E-state index in [2.05, 4.69) is 42.1 Å². The molecule has 3 rings (SSSR count). The summed E-state index contributed by atoms with van der Waals surface area (Å²) in [7, 11) is 1.86. The Kier molecular flexibility index (Phi) is 2.20. The van der Waals surface area contributed by atoms with Gasteiger partial charge in [-0.05, 0) is 26.0 Å². The van der Waals surface area contributed by atoms with E-state index in [9.17, 15) is 0 Å². The number of fused-ring (bicyclic) bond motifs is 1. The van der Waals surface area contributed by atoms with Crippen LogP contribution in [0.5, 0.6) is 0 Å². The first-order chi connectivity index (χ1) is 8.56. The summed E-state index contributed by atoms with van der Waals surface area (Å²) in [6, 6.07) is 8.30. The van der Waals surface area contributed by atoms with Gasteiger partial charge in [-0.15, -0.1) is 0 Å². The van der Waals surface area contributed by atoms with Crippen LogP contribution in [0.1, 0.15) is 11.3 Å². The third-order valence-electron chi connectivity index (χ3n) is 3.31. The predicted molar refractivity (Wildman–Crippen MR) is 74.4 cm³/mol. The van der Waals surface area contributed by atoms with E-state index in [1.54, 1.807) is 4.68 Å². The summed E-state index contributed by atoms with van der Waals surface area (Å²) in [4.78, 5) is 3.39. The molecule has 0 bridgehead atoms. The lowest BCUT2D eigenvalue weighted by atomic mass is 10.1. The Bertz CT molecular complexity index is 714. The minimum atomic E-state index is 0.673. The molecule has 18 heavy (non-hydrogen) atoms. The van der Waals surface area contributed by atoms with Gasteiger partial charge in [-0.1, -0.05) is 11.6 Å². The molecule has 3 N–H and O–H groups in total. The average Bonchev–Trinajstić information content (AvgIpc) is 2.79. The van der Waals surface area contributed by atoms with Crippen LogP contribution in [0.4, 0.5) is 5.82 Å². The maximum absolute atomic E-state index is 5.86. The molecule has 0 saturated heterocycles. The number of nitrogens with one attached hydrogen (secondary N) is 1. The van der Waals surface area contributed by atoms with Gasteiger partial charge >= 0.3 is 0 Å². The maximum Gasteiger partial charge on any atom is 0.121 e. The zero-order chi connectivity index (χ0) is 12.9. The molecule has 0 atom stereocenters. The molecule has 4 nitrogen and oxygen atoms in total. The van der Waals surface area contributed by atoms with Gasteiger partial charge < -0.3 is 10.7 Å². The lowest BCUT2D eigenvalue weighted by Crippen LogP contribution is -1.96. The van der Waals surface area contributed by atoms with Crippen molar-refractivity contribution >= 4 is 16.7 Å². The van der Waals surface area contributed by atoms with E-state index in [1.165, 1.54) is 10.9 Å². The third kappa shape index (κ3) is 1.49. The second-order valence-corrected chi connectivity index (χ2v) is 4.75. The number of hydrogen-bond acceptors (Lipinski definition) is 2. The molecular weight excluding hydrogens is 224 g/mol. The predicted octanol–water partition coefficient (Wildman–Crippen LogP) is 2.77. The zero-order valence-electron chi connectivity index (χ0n) is 10.8. The molecule has 0 aliphatic rings. The van der Waals surface area contributed by atoms with Gasteiger partial charge in [0.05, 0.1) is 5.69 Å². The quantitative estimate of drug-likeness (QED) is 0.687. The van der Waals surface area contributed by atoms with Crippen molar-refractivity contribution < 1.29 is 0 Å². The Hall–Kier alpha value is -2.23. The Labute approximate surface area is 105 Å². The number of H-pyrrole nitrogens is 1. The molecule has 0 saturated carbocycles. The highest BCUT2D eigenvalue weighted by molar-refractivity contribution is 5.97. The number of benzene rings is 1. The fourth-order valence-corrected chi connectivity index (χ4v) is 2.37. The molecule has 2 aromatic heterocycles. The molecule has 0 aliphatic heterocycles. The van der Waals surface area contributed by atoms with Crippen LogP contribution in [0.3, 0.4) is 0 Å². The normalized spacial score (nSPS) is 11.3. The molecule has 0 fully saturated rings. The summed E-state index contributed by atoms with van der Waals surface area (Å²) in [6.07, 6.45) is 0. The number of nitrogens with two attached hydrogens (primary N) is 1. The minimum Gasteiger partial charge on any atom is -0.384 e. The van der Waals surface area contributed by atoms with Gasteiger partial charge in [0.2, 0.25) is 0 Å². The van der Waals surface area contributed by atoms with Crippen molar-refractivity contribution in [3.8, 4) is 11.3 Å². The molecule has 0 spiro atoms. The number of aromatic nitrogens is 3. The van der Waals surface area contributed by atoms with Crippen molar-refractivity contribution in [2.24, 2.45) is 7.05 Å². The van der Waals surface area contributed by atoms with Crippen LogP contribution in [-0.4, -0.2) is 14.8 Å². The van der Waals surface area contributed by atoms with E-state index < -0.39 is 0 Å². The standard InChI is InChI=1S/C14H16N4/c1-8-4-5-11-10(6-8)14(9(2)16-11)12-7-13(15)18(3)17-12/h4-7,16H,15H2,1-3H3. The molecule has 0 unspecified atom stereocenters. The Morgan fingerprint density at radius 2 is 2.00 bits per heavy atom. The minimum absolute atomic E-state index is 0.673. The van der Waals surface area contributed by atoms with Crippen molar-refractivity contribution in [1.82, 2.24) is 14.8 Å². The first kappa shape index (κ1) is 10.9. The smallest absolute Gasteiger partial charge is 0.121 e. The number of hydrogen-bond donors (Lipinski definition) is 2. The second kappa shape index (κ2) is 3.63. The highest BCUT2D eigenvalue weighted by Crippen LogP contribution is 2.32. The van der Waals surface area contributed by atoms with E-state index in [4.69, 9.17) is 5.73 Å².